The van der Waals surface area contributed by atoms with Crippen molar-refractivity contribution in [3.8, 4) is 23.0 Å². The predicted octanol–water partition coefficient (Wildman–Crippen LogP) is 2.77. The quantitative estimate of drug-likeness (QED) is 0.721. The van der Waals surface area contributed by atoms with Gasteiger partial charge in [0.25, 0.3) is 5.56 Å². The van der Waals surface area contributed by atoms with Crippen LogP contribution in [0.1, 0.15) is 5.56 Å². The van der Waals surface area contributed by atoms with Crippen LogP contribution in [0.2, 0.25) is 0 Å². The Morgan fingerprint density at radius 2 is 1.57 bits per heavy atom. The molecule has 2 aromatic carbocycles. The van der Waals surface area contributed by atoms with Gasteiger partial charge in [-0.05, 0) is 18.2 Å². The highest BCUT2D eigenvalue weighted by Crippen LogP contribution is 2.16. The fourth-order valence-electron chi connectivity index (χ4n) is 2.07. The lowest BCUT2D eigenvalue weighted by atomic mass is 10.1. The molecule has 0 saturated heterocycles. The molecular formula is C17H11N3O. The number of para-hydroxylation sites is 1. The summed E-state index contributed by atoms with van der Waals surface area (Å²) in [5.41, 5.74) is 1.75. The summed E-state index contributed by atoms with van der Waals surface area (Å²) in [5.74, 6) is 0. The highest BCUT2D eigenvalue weighted by molar-refractivity contribution is 5.60. The van der Waals surface area contributed by atoms with E-state index in [-0.39, 0.29) is 5.56 Å². The molecule has 21 heavy (non-hydrogen) atoms. The standard InChI is InChI=1S/C17H11N3O/c18-12-14-11-16(13-7-3-1-4-8-13)19-20(17(14)21)15-9-5-2-6-10-15/h1-11H. The van der Waals surface area contributed by atoms with Gasteiger partial charge in [0.05, 0.1) is 11.4 Å². The van der Waals surface area contributed by atoms with E-state index in [1.807, 2.05) is 54.6 Å². The van der Waals surface area contributed by atoms with Crippen LogP contribution in [-0.4, -0.2) is 9.78 Å². The molecule has 4 heteroatoms. The Balaban J connectivity index is 2.26. The Morgan fingerprint density at radius 1 is 0.952 bits per heavy atom. The first kappa shape index (κ1) is 12.8. The third-order valence-electron chi connectivity index (χ3n) is 3.10. The van der Waals surface area contributed by atoms with Gasteiger partial charge in [0, 0.05) is 5.56 Å². The molecule has 0 saturated carbocycles. The van der Waals surface area contributed by atoms with Gasteiger partial charge in [0.1, 0.15) is 11.6 Å². The molecule has 100 valence electrons. The van der Waals surface area contributed by atoms with Gasteiger partial charge in [-0.3, -0.25) is 4.79 Å². The molecular weight excluding hydrogens is 262 g/mol. The van der Waals surface area contributed by atoms with Crippen LogP contribution in [0, 0.1) is 11.3 Å². The number of aromatic nitrogens is 2. The zero-order chi connectivity index (χ0) is 14.7. The summed E-state index contributed by atoms with van der Waals surface area (Å²) >= 11 is 0. The number of hydrogen-bond donors (Lipinski definition) is 0. The van der Waals surface area contributed by atoms with Crippen molar-refractivity contribution in [2.45, 2.75) is 0 Å². The zero-order valence-corrected chi connectivity index (χ0v) is 11.1. The van der Waals surface area contributed by atoms with Crippen molar-refractivity contribution in [1.29, 1.82) is 5.26 Å². The van der Waals surface area contributed by atoms with Crippen LogP contribution in [0.15, 0.2) is 71.5 Å². The van der Waals surface area contributed by atoms with Gasteiger partial charge >= 0.3 is 0 Å². The maximum Gasteiger partial charge on any atom is 0.289 e. The van der Waals surface area contributed by atoms with E-state index in [0.29, 0.717) is 11.4 Å². The Bertz CT molecular complexity index is 862. The highest BCUT2D eigenvalue weighted by Gasteiger charge is 2.10. The van der Waals surface area contributed by atoms with Crippen LogP contribution < -0.4 is 5.56 Å². The molecule has 3 aromatic rings. The maximum atomic E-state index is 12.3. The van der Waals surface area contributed by atoms with Gasteiger partial charge in [0.15, 0.2) is 0 Å². The Kier molecular flexibility index (Phi) is 3.32. The largest absolute Gasteiger partial charge is 0.289 e. The summed E-state index contributed by atoms with van der Waals surface area (Å²) in [4.78, 5) is 12.3. The summed E-state index contributed by atoms with van der Waals surface area (Å²) in [6, 6.07) is 22.0. The van der Waals surface area contributed by atoms with Crippen molar-refractivity contribution in [1.82, 2.24) is 9.78 Å². The van der Waals surface area contributed by atoms with Crippen LogP contribution in [0.5, 0.6) is 0 Å². The first-order valence-electron chi connectivity index (χ1n) is 6.45. The Hall–Kier alpha value is -3.19. The van der Waals surface area contributed by atoms with Crippen LogP contribution in [0.3, 0.4) is 0 Å². The first-order chi connectivity index (χ1) is 10.3. The molecule has 0 aliphatic rings. The minimum Gasteiger partial charge on any atom is -0.266 e. The predicted molar refractivity (Wildman–Crippen MR) is 80.0 cm³/mol. The van der Waals surface area contributed by atoms with Crippen LogP contribution in [-0.2, 0) is 0 Å². The lowest BCUT2D eigenvalue weighted by Crippen LogP contribution is -2.24. The van der Waals surface area contributed by atoms with Crippen molar-refractivity contribution in [2.24, 2.45) is 0 Å². The average molecular weight is 273 g/mol. The summed E-state index contributed by atoms with van der Waals surface area (Å²) in [6.45, 7) is 0. The van der Waals surface area contributed by atoms with Gasteiger partial charge in [-0.25, -0.2) is 0 Å². The van der Waals surface area contributed by atoms with Crippen molar-refractivity contribution in [3.05, 3.63) is 82.6 Å². The Morgan fingerprint density at radius 3 is 2.19 bits per heavy atom. The third kappa shape index (κ3) is 2.45. The summed E-state index contributed by atoms with van der Waals surface area (Å²) in [5, 5.41) is 13.5. The lowest BCUT2D eigenvalue weighted by Gasteiger charge is -2.08. The van der Waals surface area contributed by atoms with Crippen molar-refractivity contribution in [3.63, 3.8) is 0 Å². The minimum atomic E-state index is -0.414. The molecule has 0 radical (unpaired) electrons. The van der Waals surface area contributed by atoms with Crippen molar-refractivity contribution < 1.29 is 0 Å². The molecule has 4 nitrogen and oxygen atoms in total. The SMILES string of the molecule is N#Cc1cc(-c2ccccc2)nn(-c2ccccc2)c1=O. The second-order valence-electron chi connectivity index (χ2n) is 4.47. The molecule has 0 aliphatic heterocycles. The van der Waals surface area contributed by atoms with E-state index in [0.717, 1.165) is 5.56 Å². The van der Waals surface area contributed by atoms with E-state index in [1.54, 1.807) is 12.1 Å². The van der Waals surface area contributed by atoms with Crippen molar-refractivity contribution >= 4 is 0 Å². The van der Waals surface area contributed by atoms with Crippen molar-refractivity contribution in [2.75, 3.05) is 0 Å². The van der Waals surface area contributed by atoms with E-state index in [2.05, 4.69) is 5.10 Å². The maximum absolute atomic E-state index is 12.3. The molecule has 0 unspecified atom stereocenters. The second-order valence-corrected chi connectivity index (χ2v) is 4.47. The monoisotopic (exact) mass is 273 g/mol. The van der Waals surface area contributed by atoms with Gasteiger partial charge < -0.3 is 0 Å². The third-order valence-corrected chi connectivity index (χ3v) is 3.10. The van der Waals surface area contributed by atoms with E-state index in [1.165, 1.54) is 10.7 Å². The van der Waals surface area contributed by atoms with Gasteiger partial charge in [-0.15, -0.1) is 0 Å². The van der Waals surface area contributed by atoms with E-state index < -0.39 is 5.56 Å². The number of rotatable bonds is 2. The normalized spacial score (nSPS) is 10.0. The van der Waals surface area contributed by atoms with Gasteiger partial charge in [-0.1, -0.05) is 48.5 Å². The molecule has 0 bridgehead atoms. The fraction of sp³-hybridized carbons (Fsp3) is 0. The number of hydrogen-bond acceptors (Lipinski definition) is 3. The van der Waals surface area contributed by atoms with Gasteiger partial charge in [0.2, 0.25) is 0 Å². The molecule has 3 rings (SSSR count). The van der Waals surface area contributed by atoms with Gasteiger partial charge in [-0.2, -0.15) is 15.0 Å². The molecule has 0 fully saturated rings. The molecule has 0 amide bonds. The van der Waals surface area contributed by atoms with Crippen LogP contribution in [0.25, 0.3) is 16.9 Å². The fourth-order valence-corrected chi connectivity index (χ4v) is 2.07. The molecule has 0 spiro atoms. The van der Waals surface area contributed by atoms with Crippen LogP contribution >= 0.6 is 0 Å². The smallest absolute Gasteiger partial charge is 0.266 e. The molecule has 0 atom stereocenters. The summed E-state index contributed by atoms with van der Waals surface area (Å²) < 4.78 is 1.26. The second kappa shape index (κ2) is 5.43. The number of nitriles is 1. The Labute approximate surface area is 121 Å². The van der Waals surface area contributed by atoms with E-state index in [9.17, 15) is 10.1 Å². The van der Waals surface area contributed by atoms with E-state index in [4.69, 9.17) is 0 Å². The summed E-state index contributed by atoms with van der Waals surface area (Å²) in [7, 11) is 0. The minimum absolute atomic E-state index is 0.0766. The number of nitrogens with zero attached hydrogens (tertiary/aromatic N) is 3. The molecule has 1 aromatic heterocycles. The summed E-state index contributed by atoms with van der Waals surface area (Å²) in [6.07, 6.45) is 0. The molecule has 1 heterocycles. The van der Waals surface area contributed by atoms with Crippen LogP contribution in [0.4, 0.5) is 0 Å². The highest BCUT2D eigenvalue weighted by atomic mass is 16.1. The number of benzene rings is 2. The van der Waals surface area contributed by atoms with E-state index >= 15 is 0 Å². The topological polar surface area (TPSA) is 58.7 Å². The zero-order valence-electron chi connectivity index (χ0n) is 11.1. The average Bonchev–Trinajstić information content (AvgIpc) is 2.56. The first-order valence-corrected chi connectivity index (χ1v) is 6.45. The lowest BCUT2D eigenvalue weighted by molar-refractivity contribution is 0.808. The molecule has 0 aliphatic carbocycles. The molecule has 0 N–H and O–H groups in total.